The first-order chi connectivity index (χ1) is 12.1. The maximum atomic E-state index is 12.4. The van der Waals surface area contributed by atoms with Gasteiger partial charge >= 0.3 is 0 Å². The molecule has 1 unspecified atom stereocenters. The molecular formula is C19H27N3O3. The minimum atomic E-state index is -0.254. The fourth-order valence-corrected chi connectivity index (χ4v) is 3.47. The Hall–Kier alpha value is -1.92. The van der Waals surface area contributed by atoms with Crippen molar-refractivity contribution in [1.29, 1.82) is 0 Å². The third kappa shape index (κ3) is 4.58. The zero-order valence-corrected chi connectivity index (χ0v) is 14.9. The quantitative estimate of drug-likeness (QED) is 0.787. The van der Waals surface area contributed by atoms with Gasteiger partial charge in [0.15, 0.2) is 0 Å². The molecular weight excluding hydrogens is 318 g/mol. The van der Waals surface area contributed by atoms with Gasteiger partial charge in [-0.15, -0.1) is 0 Å². The van der Waals surface area contributed by atoms with Crippen molar-refractivity contribution < 1.29 is 14.3 Å². The van der Waals surface area contributed by atoms with E-state index in [1.54, 1.807) is 4.90 Å². The van der Waals surface area contributed by atoms with E-state index in [1.807, 2.05) is 31.2 Å². The number of benzene rings is 1. The Balaban J connectivity index is 1.44. The lowest BCUT2D eigenvalue weighted by Crippen LogP contribution is -2.39. The first kappa shape index (κ1) is 17.9. The average molecular weight is 345 g/mol. The summed E-state index contributed by atoms with van der Waals surface area (Å²) in [6, 6.07) is 7.81. The van der Waals surface area contributed by atoms with E-state index in [0.717, 1.165) is 50.5 Å². The predicted molar refractivity (Wildman–Crippen MR) is 96.5 cm³/mol. The van der Waals surface area contributed by atoms with Crippen LogP contribution in [-0.4, -0.2) is 62.7 Å². The Morgan fingerprint density at radius 2 is 2.04 bits per heavy atom. The van der Waals surface area contributed by atoms with Crippen LogP contribution in [0.1, 0.15) is 18.4 Å². The number of hydrogen-bond donors (Lipinski definition) is 1. The van der Waals surface area contributed by atoms with Crippen molar-refractivity contribution in [3.05, 3.63) is 29.8 Å². The molecule has 0 radical (unpaired) electrons. The minimum absolute atomic E-state index is 0.00795. The Labute approximate surface area is 149 Å². The fourth-order valence-electron chi connectivity index (χ4n) is 3.47. The van der Waals surface area contributed by atoms with E-state index in [4.69, 9.17) is 4.74 Å². The number of morpholine rings is 1. The number of nitrogens with one attached hydrogen (secondary N) is 1. The summed E-state index contributed by atoms with van der Waals surface area (Å²) in [6.07, 6.45) is 1.22. The van der Waals surface area contributed by atoms with Crippen LogP contribution in [0.4, 0.5) is 5.69 Å². The molecule has 6 heteroatoms. The normalized spacial score (nSPS) is 21.6. The van der Waals surface area contributed by atoms with Gasteiger partial charge in [0.1, 0.15) is 0 Å². The SMILES string of the molecule is Cc1ccccc1N1CC(C(=O)NCCCN2CCOCC2)CC1=O. The number of amides is 2. The van der Waals surface area contributed by atoms with Crippen molar-refractivity contribution in [3.63, 3.8) is 0 Å². The molecule has 0 spiro atoms. The molecule has 1 aromatic rings. The number of carbonyl (C=O) groups excluding carboxylic acids is 2. The summed E-state index contributed by atoms with van der Waals surface area (Å²) >= 11 is 0. The largest absolute Gasteiger partial charge is 0.379 e. The van der Waals surface area contributed by atoms with Gasteiger partial charge in [-0.2, -0.15) is 0 Å². The lowest BCUT2D eigenvalue weighted by Gasteiger charge is -2.26. The lowest BCUT2D eigenvalue weighted by atomic mass is 10.1. The molecule has 25 heavy (non-hydrogen) atoms. The number of anilines is 1. The average Bonchev–Trinajstić information content (AvgIpc) is 3.01. The van der Waals surface area contributed by atoms with E-state index in [0.29, 0.717) is 19.5 Å². The van der Waals surface area contributed by atoms with Crippen molar-refractivity contribution >= 4 is 17.5 Å². The van der Waals surface area contributed by atoms with Gasteiger partial charge in [0.25, 0.3) is 0 Å². The first-order valence-electron chi connectivity index (χ1n) is 9.09. The molecule has 2 amide bonds. The zero-order chi connectivity index (χ0) is 17.6. The summed E-state index contributed by atoms with van der Waals surface area (Å²) in [6.45, 7) is 7.62. The molecule has 1 N–H and O–H groups in total. The van der Waals surface area contributed by atoms with Crippen molar-refractivity contribution in [2.75, 3.05) is 50.8 Å². The number of ether oxygens (including phenoxy) is 1. The second-order valence-electron chi connectivity index (χ2n) is 6.79. The first-order valence-corrected chi connectivity index (χ1v) is 9.09. The van der Waals surface area contributed by atoms with Crippen molar-refractivity contribution in [3.8, 4) is 0 Å². The number of rotatable bonds is 6. The highest BCUT2D eigenvalue weighted by molar-refractivity contribution is 6.00. The molecule has 2 fully saturated rings. The van der Waals surface area contributed by atoms with Gasteiger partial charge in [-0.1, -0.05) is 18.2 Å². The lowest BCUT2D eigenvalue weighted by molar-refractivity contribution is -0.126. The maximum absolute atomic E-state index is 12.4. The molecule has 3 rings (SSSR count). The van der Waals surface area contributed by atoms with Crippen LogP contribution in [-0.2, 0) is 14.3 Å². The summed E-state index contributed by atoms with van der Waals surface area (Å²) < 4.78 is 5.33. The molecule has 136 valence electrons. The summed E-state index contributed by atoms with van der Waals surface area (Å²) in [5.41, 5.74) is 1.97. The van der Waals surface area contributed by atoms with Crippen LogP contribution in [0.25, 0.3) is 0 Å². The third-order valence-electron chi connectivity index (χ3n) is 4.96. The smallest absolute Gasteiger partial charge is 0.227 e. The molecule has 2 saturated heterocycles. The summed E-state index contributed by atoms with van der Waals surface area (Å²) in [4.78, 5) is 28.8. The van der Waals surface area contributed by atoms with E-state index in [1.165, 1.54) is 0 Å². The van der Waals surface area contributed by atoms with Gasteiger partial charge in [-0.3, -0.25) is 14.5 Å². The molecule has 0 bridgehead atoms. The molecule has 2 aliphatic rings. The standard InChI is InChI=1S/C19H27N3O3/c1-15-5-2-3-6-17(15)22-14-16(13-18(22)23)19(24)20-7-4-8-21-9-11-25-12-10-21/h2-3,5-6,16H,4,7-14H2,1H3,(H,20,24). The van der Waals surface area contributed by atoms with Crippen LogP contribution in [0.2, 0.25) is 0 Å². The van der Waals surface area contributed by atoms with Crippen LogP contribution in [0.5, 0.6) is 0 Å². The minimum Gasteiger partial charge on any atom is -0.379 e. The highest BCUT2D eigenvalue weighted by atomic mass is 16.5. The molecule has 0 saturated carbocycles. The van der Waals surface area contributed by atoms with Gasteiger partial charge in [-0.05, 0) is 31.5 Å². The van der Waals surface area contributed by atoms with Gasteiger partial charge in [-0.25, -0.2) is 0 Å². The van der Waals surface area contributed by atoms with Crippen LogP contribution >= 0.6 is 0 Å². The van der Waals surface area contributed by atoms with Gasteiger partial charge < -0.3 is 15.0 Å². The van der Waals surface area contributed by atoms with Crippen LogP contribution in [0, 0.1) is 12.8 Å². The topological polar surface area (TPSA) is 61.9 Å². The Morgan fingerprint density at radius 1 is 1.28 bits per heavy atom. The van der Waals surface area contributed by atoms with E-state index < -0.39 is 0 Å². The third-order valence-corrected chi connectivity index (χ3v) is 4.96. The monoisotopic (exact) mass is 345 g/mol. The van der Waals surface area contributed by atoms with Crippen LogP contribution in [0.3, 0.4) is 0 Å². The van der Waals surface area contributed by atoms with E-state index in [-0.39, 0.29) is 17.7 Å². The van der Waals surface area contributed by atoms with E-state index in [9.17, 15) is 9.59 Å². The Kier molecular flexibility index (Phi) is 6.04. The number of para-hydroxylation sites is 1. The highest BCUT2D eigenvalue weighted by Crippen LogP contribution is 2.27. The number of carbonyl (C=O) groups is 2. The second-order valence-corrected chi connectivity index (χ2v) is 6.79. The van der Waals surface area contributed by atoms with Gasteiger partial charge in [0.2, 0.25) is 11.8 Å². The Bertz CT molecular complexity index is 614. The summed E-state index contributed by atoms with van der Waals surface area (Å²) in [5.74, 6) is -0.232. The fraction of sp³-hybridized carbons (Fsp3) is 0.579. The van der Waals surface area contributed by atoms with Gasteiger partial charge in [0, 0.05) is 38.3 Å². The van der Waals surface area contributed by atoms with E-state index >= 15 is 0 Å². The van der Waals surface area contributed by atoms with E-state index in [2.05, 4.69) is 10.2 Å². The number of aryl methyl sites for hydroxylation is 1. The molecule has 2 heterocycles. The zero-order valence-electron chi connectivity index (χ0n) is 14.9. The molecule has 0 aliphatic carbocycles. The number of nitrogens with zero attached hydrogens (tertiary/aromatic N) is 2. The Morgan fingerprint density at radius 3 is 2.80 bits per heavy atom. The van der Waals surface area contributed by atoms with Gasteiger partial charge in [0.05, 0.1) is 19.1 Å². The molecule has 0 aromatic heterocycles. The van der Waals surface area contributed by atoms with Crippen LogP contribution in [0.15, 0.2) is 24.3 Å². The molecule has 2 aliphatic heterocycles. The molecule has 1 aromatic carbocycles. The van der Waals surface area contributed by atoms with Crippen molar-refractivity contribution in [2.45, 2.75) is 19.8 Å². The maximum Gasteiger partial charge on any atom is 0.227 e. The molecule has 1 atom stereocenters. The summed E-state index contributed by atoms with van der Waals surface area (Å²) in [5, 5.41) is 3.00. The van der Waals surface area contributed by atoms with Crippen molar-refractivity contribution in [1.82, 2.24) is 10.2 Å². The highest BCUT2D eigenvalue weighted by Gasteiger charge is 2.35. The van der Waals surface area contributed by atoms with Crippen LogP contribution < -0.4 is 10.2 Å². The van der Waals surface area contributed by atoms with Crippen molar-refractivity contribution in [2.24, 2.45) is 5.92 Å². The molecule has 6 nitrogen and oxygen atoms in total. The predicted octanol–water partition coefficient (Wildman–Crippen LogP) is 1.19. The second kappa shape index (κ2) is 8.45. The summed E-state index contributed by atoms with van der Waals surface area (Å²) in [7, 11) is 0. The number of hydrogen-bond acceptors (Lipinski definition) is 4.